The van der Waals surface area contributed by atoms with Gasteiger partial charge in [-0.2, -0.15) is 0 Å². The number of benzene rings is 1. The second-order valence-electron chi connectivity index (χ2n) is 5.41. The maximum Gasteiger partial charge on any atom is 0.311 e. The molecule has 3 rings (SSSR count). The maximum absolute atomic E-state index is 11.8. The fraction of sp³-hybridized carbons (Fsp3) is 0.167. The largest absolute Gasteiger partial charge is 0.455 e. The number of ether oxygens (including phenoxy) is 1. The second kappa shape index (κ2) is 7.76. The SMILES string of the molecule is Cc1ccc(-c2cc(NC(=O)COC(=O)Cc3cccs3)on2)cc1. The van der Waals surface area contributed by atoms with Crippen LogP contribution >= 0.6 is 11.3 Å². The first-order valence-electron chi connectivity index (χ1n) is 7.62. The van der Waals surface area contributed by atoms with E-state index in [4.69, 9.17) is 9.26 Å². The number of hydrogen-bond acceptors (Lipinski definition) is 6. The molecule has 25 heavy (non-hydrogen) atoms. The number of nitrogens with zero attached hydrogens (tertiary/aromatic N) is 1. The molecule has 3 aromatic rings. The van der Waals surface area contributed by atoms with Crippen LogP contribution in [0.25, 0.3) is 11.3 Å². The van der Waals surface area contributed by atoms with Crippen LogP contribution in [0.1, 0.15) is 10.4 Å². The minimum absolute atomic E-state index is 0.158. The van der Waals surface area contributed by atoms with Gasteiger partial charge < -0.3 is 9.26 Å². The lowest BCUT2D eigenvalue weighted by Crippen LogP contribution is -2.21. The van der Waals surface area contributed by atoms with Crippen LogP contribution in [-0.2, 0) is 20.7 Å². The Balaban J connectivity index is 1.49. The third kappa shape index (κ3) is 4.77. The number of aryl methyl sites for hydroxylation is 1. The van der Waals surface area contributed by atoms with Crippen molar-refractivity contribution in [2.75, 3.05) is 11.9 Å². The number of anilines is 1. The number of amides is 1. The zero-order valence-electron chi connectivity index (χ0n) is 13.5. The molecule has 0 atom stereocenters. The van der Waals surface area contributed by atoms with Crippen molar-refractivity contribution in [3.05, 3.63) is 58.3 Å². The lowest BCUT2D eigenvalue weighted by Gasteiger charge is -2.03. The number of aromatic nitrogens is 1. The molecule has 2 heterocycles. The van der Waals surface area contributed by atoms with Crippen LogP contribution in [-0.4, -0.2) is 23.6 Å². The lowest BCUT2D eigenvalue weighted by molar-refractivity contribution is -0.146. The van der Waals surface area contributed by atoms with Crippen molar-refractivity contribution in [2.24, 2.45) is 0 Å². The summed E-state index contributed by atoms with van der Waals surface area (Å²) in [5, 5.41) is 8.31. The van der Waals surface area contributed by atoms with Crippen LogP contribution in [0.15, 0.2) is 52.4 Å². The Kier molecular flexibility index (Phi) is 5.25. The number of esters is 1. The van der Waals surface area contributed by atoms with Gasteiger partial charge in [-0.05, 0) is 18.4 Å². The summed E-state index contributed by atoms with van der Waals surface area (Å²) in [6.07, 6.45) is 0.158. The van der Waals surface area contributed by atoms with Crippen LogP contribution in [0, 0.1) is 6.92 Å². The summed E-state index contributed by atoms with van der Waals surface area (Å²) >= 11 is 1.46. The van der Waals surface area contributed by atoms with E-state index in [9.17, 15) is 9.59 Å². The molecule has 0 aliphatic rings. The van der Waals surface area contributed by atoms with Gasteiger partial charge >= 0.3 is 5.97 Å². The van der Waals surface area contributed by atoms with E-state index in [1.807, 2.05) is 48.7 Å². The quantitative estimate of drug-likeness (QED) is 0.684. The van der Waals surface area contributed by atoms with Crippen LogP contribution in [0.5, 0.6) is 0 Å². The zero-order valence-corrected chi connectivity index (χ0v) is 14.3. The number of nitrogens with one attached hydrogen (secondary N) is 1. The van der Waals surface area contributed by atoms with Gasteiger partial charge in [0, 0.05) is 16.5 Å². The van der Waals surface area contributed by atoms with Crippen molar-refractivity contribution in [2.45, 2.75) is 13.3 Å². The molecule has 1 N–H and O–H groups in total. The minimum atomic E-state index is -0.480. The number of rotatable bonds is 6. The van der Waals surface area contributed by atoms with Crippen molar-refractivity contribution in [1.29, 1.82) is 0 Å². The van der Waals surface area contributed by atoms with Gasteiger partial charge in [0.05, 0.1) is 6.42 Å². The summed E-state index contributed by atoms with van der Waals surface area (Å²) < 4.78 is 10.0. The molecule has 0 aliphatic heterocycles. The van der Waals surface area contributed by atoms with Gasteiger partial charge in [-0.25, -0.2) is 0 Å². The summed E-state index contributed by atoms with van der Waals surface area (Å²) in [4.78, 5) is 24.4. The first-order chi connectivity index (χ1) is 12.1. The highest BCUT2D eigenvalue weighted by Gasteiger charge is 2.12. The van der Waals surface area contributed by atoms with Crippen LogP contribution < -0.4 is 5.32 Å². The van der Waals surface area contributed by atoms with Gasteiger partial charge in [0.1, 0.15) is 5.69 Å². The second-order valence-corrected chi connectivity index (χ2v) is 6.44. The minimum Gasteiger partial charge on any atom is -0.455 e. The molecule has 7 heteroatoms. The highest BCUT2D eigenvalue weighted by molar-refractivity contribution is 7.10. The predicted octanol–water partition coefficient (Wildman–Crippen LogP) is 3.44. The Morgan fingerprint density at radius 2 is 2.04 bits per heavy atom. The van der Waals surface area contributed by atoms with Crippen molar-refractivity contribution in [3.8, 4) is 11.3 Å². The molecule has 0 saturated heterocycles. The Morgan fingerprint density at radius 3 is 2.76 bits per heavy atom. The fourth-order valence-corrected chi connectivity index (χ4v) is 2.81. The van der Waals surface area contributed by atoms with E-state index in [1.54, 1.807) is 6.07 Å². The number of carbonyl (C=O) groups excluding carboxylic acids is 2. The predicted molar refractivity (Wildman–Crippen MR) is 94.3 cm³/mol. The number of thiophene rings is 1. The Hall–Kier alpha value is -2.93. The number of hydrogen-bond donors (Lipinski definition) is 1. The third-order valence-corrected chi connectivity index (χ3v) is 4.26. The molecule has 0 bridgehead atoms. The van der Waals surface area contributed by atoms with Gasteiger partial charge in [0.2, 0.25) is 5.88 Å². The van der Waals surface area contributed by atoms with Crippen LogP contribution in [0.4, 0.5) is 5.88 Å². The first kappa shape index (κ1) is 16.9. The monoisotopic (exact) mass is 356 g/mol. The maximum atomic E-state index is 11.8. The van der Waals surface area contributed by atoms with Crippen molar-refractivity contribution >= 4 is 29.1 Å². The molecule has 1 amide bonds. The fourth-order valence-electron chi connectivity index (χ4n) is 2.12. The first-order valence-corrected chi connectivity index (χ1v) is 8.50. The Labute approximate surface area is 148 Å². The average Bonchev–Trinajstić information content (AvgIpc) is 3.26. The van der Waals surface area contributed by atoms with E-state index in [-0.39, 0.29) is 18.9 Å². The topological polar surface area (TPSA) is 81.4 Å². The molecule has 0 radical (unpaired) electrons. The van der Waals surface area contributed by atoms with E-state index >= 15 is 0 Å². The van der Waals surface area contributed by atoms with E-state index < -0.39 is 11.9 Å². The van der Waals surface area contributed by atoms with Crippen LogP contribution in [0.3, 0.4) is 0 Å². The van der Waals surface area contributed by atoms with E-state index in [2.05, 4.69) is 10.5 Å². The van der Waals surface area contributed by atoms with Crippen molar-refractivity contribution in [1.82, 2.24) is 5.16 Å². The molecule has 0 fully saturated rings. The molecule has 6 nitrogen and oxygen atoms in total. The van der Waals surface area contributed by atoms with E-state index in [1.165, 1.54) is 11.3 Å². The molecular weight excluding hydrogens is 340 g/mol. The van der Waals surface area contributed by atoms with Gasteiger partial charge in [0.15, 0.2) is 6.61 Å². The Bertz CT molecular complexity index is 854. The molecule has 1 aromatic carbocycles. The average molecular weight is 356 g/mol. The standard InChI is InChI=1S/C18H16N2O4S/c1-12-4-6-13(7-5-12)15-10-17(24-20-15)19-16(21)11-23-18(22)9-14-3-2-8-25-14/h2-8,10H,9,11H2,1H3,(H,19,21). The van der Waals surface area contributed by atoms with Gasteiger partial charge in [0.25, 0.3) is 5.91 Å². The molecule has 0 aliphatic carbocycles. The van der Waals surface area contributed by atoms with E-state index in [0.29, 0.717) is 5.69 Å². The molecule has 0 unspecified atom stereocenters. The van der Waals surface area contributed by atoms with Gasteiger partial charge in [-0.1, -0.05) is 41.1 Å². The van der Waals surface area contributed by atoms with Gasteiger partial charge in [-0.15, -0.1) is 11.3 Å². The molecular formula is C18H16N2O4S. The Morgan fingerprint density at radius 1 is 1.24 bits per heavy atom. The molecule has 128 valence electrons. The highest BCUT2D eigenvalue weighted by Crippen LogP contribution is 2.22. The van der Waals surface area contributed by atoms with E-state index in [0.717, 1.165) is 16.0 Å². The summed E-state index contributed by atoms with van der Waals surface area (Å²) in [6.45, 7) is 1.63. The summed E-state index contributed by atoms with van der Waals surface area (Å²) in [5.41, 5.74) is 2.65. The number of carbonyl (C=O) groups is 2. The third-order valence-electron chi connectivity index (χ3n) is 3.38. The molecule has 2 aromatic heterocycles. The van der Waals surface area contributed by atoms with Gasteiger partial charge in [-0.3, -0.25) is 14.9 Å². The van der Waals surface area contributed by atoms with Crippen molar-refractivity contribution < 1.29 is 18.8 Å². The lowest BCUT2D eigenvalue weighted by atomic mass is 10.1. The molecule has 0 saturated carbocycles. The normalized spacial score (nSPS) is 10.4. The summed E-state index contributed by atoms with van der Waals surface area (Å²) in [6, 6.07) is 13.1. The highest BCUT2D eigenvalue weighted by atomic mass is 32.1. The summed E-state index contributed by atoms with van der Waals surface area (Å²) in [7, 11) is 0. The molecule has 0 spiro atoms. The zero-order chi connectivity index (χ0) is 17.6. The summed E-state index contributed by atoms with van der Waals surface area (Å²) in [5.74, 6) is -0.725. The van der Waals surface area contributed by atoms with Crippen molar-refractivity contribution in [3.63, 3.8) is 0 Å². The smallest absolute Gasteiger partial charge is 0.311 e. The van der Waals surface area contributed by atoms with Crippen LogP contribution in [0.2, 0.25) is 0 Å².